The molecular formula is C16H21NO3. The SMILES string of the molecule is CC#CCCNC(=O)c1ccc(OCC)c(OCC)c1. The van der Waals surface area contributed by atoms with E-state index in [0.29, 0.717) is 43.2 Å². The molecule has 0 aliphatic heterocycles. The number of carbonyl (C=O) groups excluding carboxylic acids is 1. The monoisotopic (exact) mass is 275 g/mol. The van der Waals surface area contributed by atoms with Crippen LogP contribution in [0.1, 0.15) is 37.6 Å². The average molecular weight is 275 g/mol. The zero-order chi connectivity index (χ0) is 14.8. The first kappa shape index (κ1) is 15.9. The highest BCUT2D eigenvalue weighted by Crippen LogP contribution is 2.28. The maximum absolute atomic E-state index is 12.0. The van der Waals surface area contributed by atoms with Crippen LogP contribution in [-0.4, -0.2) is 25.7 Å². The van der Waals surface area contributed by atoms with E-state index in [1.807, 2.05) is 13.8 Å². The molecule has 0 aromatic heterocycles. The van der Waals surface area contributed by atoms with Gasteiger partial charge in [0, 0.05) is 18.5 Å². The van der Waals surface area contributed by atoms with Gasteiger partial charge in [-0.1, -0.05) is 0 Å². The van der Waals surface area contributed by atoms with Crippen molar-refractivity contribution in [1.29, 1.82) is 0 Å². The molecule has 4 heteroatoms. The van der Waals surface area contributed by atoms with E-state index in [4.69, 9.17) is 9.47 Å². The number of nitrogens with one attached hydrogen (secondary N) is 1. The molecule has 0 heterocycles. The van der Waals surface area contributed by atoms with Crippen LogP contribution in [0.25, 0.3) is 0 Å². The highest BCUT2D eigenvalue weighted by molar-refractivity contribution is 5.94. The second-order valence-corrected chi connectivity index (χ2v) is 3.96. The lowest BCUT2D eigenvalue weighted by atomic mass is 10.2. The van der Waals surface area contributed by atoms with E-state index in [-0.39, 0.29) is 5.91 Å². The third-order valence-electron chi connectivity index (χ3n) is 2.52. The van der Waals surface area contributed by atoms with Crippen LogP contribution in [0.15, 0.2) is 18.2 Å². The van der Waals surface area contributed by atoms with Crippen molar-refractivity contribution in [2.24, 2.45) is 0 Å². The average Bonchev–Trinajstić information content (AvgIpc) is 2.45. The van der Waals surface area contributed by atoms with Crippen molar-refractivity contribution in [2.45, 2.75) is 27.2 Å². The molecule has 1 amide bonds. The van der Waals surface area contributed by atoms with Gasteiger partial charge in [0.1, 0.15) is 0 Å². The Bertz CT molecular complexity index is 500. The van der Waals surface area contributed by atoms with Crippen molar-refractivity contribution < 1.29 is 14.3 Å². The standard InChI is InChI=1S/C16H21NO3/c1-4-7-8-11-17-16(18)13-9-10-14(19-5-2)15(12-13)20-6-3/h9-10,12H,5-6,8,11H2,1-3H3,(H,17,18). The van der Waals surface area contributed by atoms with Crippen molar-refractivity contribution in [3.8, 4) is 23.3 Å². The zero-order valence-corrected chi connectivity index (χ0v) is 12.3. The molecule has 1 aromatic rings. The van der Waals surface area contributed by atoms with Crippen LogP contribution in [0.4, 0.5) is 0 Å². The van der Waals surface area contributed by atoms with E-state index in [0.717, 1.165) is 0 Å². The molecule has 0 aliphatic carbocycles. The molecule has 1 aromatic carbocycles. The van der Waals surface area contributed by atoms with Gasteiger partial charge in [-0.05, 0) is 39.0 Å². The predicted octanol–water partition coefficient (Wildman–Crippen LogP) is 2.63. The van der Waals surface area contributed by atoms with Gasteiger partial charge in [-0.3, -0.25) is 4.79 Å². The van der Waals surface area contributed by atoms with Gasteiger partial charge in [-0.25, -0.2) is 0 Å². The van der Waals surface area contributed by atoms with Crippen molar-refractivity contribution in [1.82, 2.24) is 5.32 Å². The van der Waals surface area contributed by atoms with Crippen LogP contribution < -0.4 is 14.8 Å². The summed E-state index contributed by atoms with van der Waals surface area (Å²) in [6, 6.07) is 5.19. The van der Waals surface area contributed by atoms with E-state index in [1.54, 1.807) is 25.1 Å². The van der Waals surface area contributed by atoms with Gasteiger partial charge in [0.05, 0.1) is 13.2 Å². The maximum Gasteiger partial charge on any atom is 0.251 e. The number of hydrogen-bond donors (Lipinski definition) is 1. The minimum atomic E-state index is -0.132. The first-order chi connectivity index (χ1) is 9.72. The molecule has 20 heavy (non-hydrogen) atoms. The highest BCUT2D eigenvalue weighted by atomic mass is 16.5. The molecule has 0 spiro atoms. The largest absolute Gasteiger partial charge is 0.490 e. The molecule has 108 valence electrons. The maximum atomic E-state index is 12.0. The molecule has 0 unspecified atom stereocenters. The first-order valence-corrected chi connectivity index (χ1v) is 6.80. The number of hydrogen-bond acceptors (Lipinski definition) is 3. The fraction of sp³-hybridized carbons (Fsp3) is 0.438. The van der Waals surface area contributed by atoms with E-state index in [1.165, 1.54) is 0 Å². The van der Waals surface area contributed by atoms with Gasteiger partial charge >= 0.3 is 0 Å². The second kappa shape index (κ2) is 8.87. The lowest BCUT2D eigenvalue weighted by Gasteiger charge is -2.12. The molecule has 0 saturated carbocycles. The van der Waals surface area contributed by atoms with E-state index >= 15 is 0 Å². The lowest BCUT2D eigenvalue weighted by molar-refractivity contribution is 0.0954. The summed E-state index contributed by atoms with van der Waals surface area (Å²) in [5.41, 5.74) is 0.557. The summed E-state index contributed by atoms with van der Waals surface area (Å²) in [5.74, 6) is 6.81. The summed E-state index contributed by atoms with van der Waals surface area (Å²) in [6.07, 6.45) is 0.650. The highest BCUT2D eigenvalue weighted by Gasteiger charge is 2.10. The summed E-state index contributed by atoms with van der Waals surface area (Å²) >= 11 is 0. The normalized spacial score (nSPS) is 9.35. The zero-order valence-electron chi connectivity index (χ0n) is 12.3. The van der Waals surface area contributed by atoms with Crippen LogP contribution >= 0.6 is 0 Å². The van der Waals surface area contributed by atoms with Gasteiger partial charge in [0.25, 0.3) is 5.91 Å². The summed E-state index contributed by atoms with van der Waals surface area (Å²) in [4.78, 5) is 12.0. The number of rotatable bonds is 7. The fourth-order valence-corrected chi connectivity index (χ4v) is 1.66. The summed E-state index contributed by atoms with van der Waals surface area (Å²) < 4.78 is 11.0. The smallest absolute Gasteiger partial charge is 0.251 e. The quantitative estimate of drug-likeness (QED) is 0.614. The van der Waals surface area contributed by atoms with Gasteiger partial charge in [-0.2, -0.15) is 0 Å². The van der Waals surface area contributed by atoms with E-state index in [9.17, 15) is 4.79 Å². The molecule has 1 N–H and O–H groups in total. The Morgan fingerprint density at radius 3 is 2.55 bits per heavy atom. The van der Waals surface area contributed by atoms with Crippen LogP contribution in [-0.2, 0) is 0 Å². The van der Waals surface area contributed by atoms with Gasteiger partial charge in [-0.15, -0.1) is 11.8 Å². The molecule has 0 aliphatic rings. The number of amides is 1. The van der Waals surface area contributed by atoms with Gasteiger partial charge in [0.15, 0.2) is 11.5 Å². The van der Waals surface area contributed by atoms with Gasteiger partial charge in [0.2, 0.25) is 0 Å². The Labute approximate surface area is 120 Å². The Morgan fingerprint density at radius 1 is 1.20 bits per heavy atom. The van der Waals surface area contributed by atoms with Crippen molar-refractivity contribution in [2.75, 3.05) is 19.8 Å². The van der Waals surface area contributed by atoms with Crippen LogP contribution in [0.5, 0.6) is 11.5 Å². The predicted molar refractivity (Wildman–Crippen MR) is 79.2 cm³/mol. The number of ether oxygens (including phenoxy) is 2. The fourth-order valence-electron chi connectivity index (χ4n) is 1.66. The minimum absolute atomic E-state index is 0.132. The molecule has 0 saturated heterocycles. The molecule has 0 fully saturated rings. The van der Waals surface area contributed by atoms with Crippen molar-refractivity contribution in [3.05, 3.63) is 23.8 Å². The summed E-state index contributed by atoms with van der Waals surface area (Å²) in [5, 5.41) is 2.82. The van der Waals surface area contributed by atoms with Crippen LogP contribution in [0.3, 0.4) is 0 Å². The third kappa shape index (κ3) is 4.85. The molecule has 4 nitrogen and oxygen atoms in total. The third-order valence-corrected chi connectivity index (χ3v) is 2.52. The van der Waals surface area contributed by atoms with E-state index < -0.39 is 0 Å². The molecule has 1 rings (SSSR count). The topological polar surface area (TPSA) is 47.6 Å². The van der Waals surface area contributed by atoms with Crippen LogP contribution in [0, 0.1) is 11.8 Å². The Kier molecular flexibility index (Phi) is 7.05. The van der Waals surface area contributed by atoms with Crippen LogP contribution in [0.2, 0.25) is 0 Å². The van der Waals surface area contributed by atoms with Gasteiger partial charge < -0.3 is 14.8 Å². The Hall–Kier alpha value is -2.15. The lowest BCUT2D eigenvalue weighted by Crippen LogP contribution is -2.24. The Balaban J connectivity index is 2.75. The Morgan fingerprint density at radius 2 is 1.90 bits per heavy atom. The molecule has 0 radical (unpaired) electrons. The molecule has 0 bridgehead atoms. The minimum Gasteiger partial charge on any atom is -0.490 e. The van der Waals surface area contributed by atoms with E-state index in [2.05, 4.69) is 17.2 Å². The molecular weight excluding hydrogens is 254 g/mol. The number of carbonyl (C=O) groups is 1. The van der Waals surface area contributed by atoms with Crippen molar-refractivity contribution in [3.63, 3.8) is 0 Å². The molecule has 0 atom stereocenters. The summed E-state index contributed by atoms with van der Waals surface area (Å²) in [6.45, 7) is 7.20. The first-order valence-electron chi connectivity index (χ1n) is 6.80. The number of benzene rings is 1. The van der Waals surface area contributed by atoms with Crippen molar-refractivity contribution >= 4 is 5.91 Å². The second-order valence-electron chi connectivity index (χ2n) is 3.96. The summed E-state index contributed by atoms with van der Waals surface area (Å²) in [7, 11) is 0.